The van der Waals surface area contributed by atoms with E-state index in [0.717, 1.165) is 19.3 Å². The normalized spacial score (nSPS) is 10.2. The molecular weight excluding hydrogens is 240 g/mol. The van der Waals surface area contributed by atoms with Gasteiger partial charge in [-0.15, -0.1) is 0 Å². The molecule has 0 aliphatic rings. The first-order chi connectivity index (χ1) is 9.22. The minimum Gasteiger partial charge on any atom is -0.348 e. The number of amides is 2. The van der Waals surface area contributed by atoms with E-state index in [9.17, 15) is 9.59 Å². The Kier molecular flexibility index (Phi) is 12.6. The minimum absolute atomic E-state index is 0.503. The van der Waals surface area contributed by atoms with Crippen molar-refractivity contribution in [1.82, 2.24) is 10.6 Å². The van der Waals surface area contributed by atoms with E-state index in [1.54, 1.807) is 0 Å². The number of hydrogen-bond acceptors (Lipinski definition) is 2. The van der Waals surface area contributed by atoms with Crippen molar-refractivity contribution in [2.24, 2.45) is 0 Å². The van der Waals surface area contributed by atoms with Gasteiger partial charge in [0.2, 0.25) is 0 Å². The van der Waals surface area contributed by atoms with E-state index in [-0.39, 0.29) is 0 Å². The number of hydrogen-bond donors (Lipinski definition) is 2. The molecule has 0 bridgehead atoms. The van der Waals surface area contributed by atoms with Crippen molar-refractivity contribution < 1.29 is 9.59 Å². The first kappa shape index (κ1) is 17.9. The molecule has 0 saturated heterocycles. The van der Waals surface area contributed by atoms with Crippen LogP contribution in [-0.2, 0) is 9.59 Å². The van der Waals surface area contributed by atoms with Crippen LogP contribution in [-0.4, -0.2) is 24.9 Å². The van der Waals surface area contributed by atoms with E-state index in [1.807, 2.05) is 6.92 Å². The lowest BCUT2D eigenvalue weighted by atomic mass is 10.1. The molecule has 0 aliphatic heterocycles. The molecule has 0 spiro atoms. The average Bonchev–Trinajstić information content (AvgIpc) is 2.42. The van der Waals surface area contributed by atoms with Crippen molar-refractivity contribution in [2.75, 3.05) is 13.1 Å². The Bertz CT molecular complexity index is 242. The number of unbranched alkanes of at least 4 members (excludes halogenated alkanes) is 7. The second kappa shape index (κ2) is 13.4. The van der Waals surface area contributed by atoms with E-state index in [0.29, 0.717) is 13.1 Å². The molecule has 0 radical (unpaired) electrons. The summed E-state index contributed by atoms with van der Waals surface area (Å²) in [5, 5.41) is 5.21. The SMILES string of the molecule is CCCCCCCCCCNC(=O)C(=O)NCCC. The maximum Gasteiger partial charge on any atom is 0.309 e. The lowest BCUT2D eigenvalue weighted by molar-refractivity contribution is -0.139. The average molecular weight is 270 g/mol. The van der Waals surface area contributed by atoms with Gasteiger partial charge < -0.3 is 10.6 Å². The lowest BCUT2D eigenvalue weighted by Crippen LogP contribution is -2.40. The minimum atomic E-state index is -0.513. The third kappa shape index (κ3) is 11.7. The lowest BCUT2D eigenvalue weighted by Gasteiger charge is -2.05. The summed E-state index contributed by atoms with van der Waals surface area (Å²) in [5.41, 5.74) is 0. The molecule has 0 rings (SSSR count). The Morgan fingerprint density at radius 3 is 1.63 bits per heavy atom. The molecular formula is C15H30N2O2. The highest BCUT2D eigenvalue weighted by Crippen LogP contribution is 2.07. The van der Waals surface area contributed by atoms with Crippen molar-refractivity contribution in [2.45, 2.75) is 71.6 Å². The summed E-state index contributed by atoms with van der Waals surface area (Å²) < 4.78 is 0. The molecule has 0 atom stereocenters. The van der Waals surface area contributed by atoms with Crippen LogP contribution in [0.15, 0.2) is 0 Å². The molecule has 0 aromatic carbocycles. The fourth-order valence-electron chi connectivity index (χ4n) is 1.86. The van der Waals surface area contributed by atoms with Crippen molar-refractivity contribution >= 4 is 11.8 Å². The molecule has 0 fully saturated rings. The Morgan fingerprint density at radius 1 is 0.632 bits per heavy atom. The predicted octanol–water partition coefficient (Wildman–Crippen LogP) is 2.77. The summed E-state index contributed by atoms with van der Waals surface area (Å²) in [7, 11) is 0. The van der Waals surface area contributed by atoms with Crippen molar-refractivity contribution in [3.8, 4) is 0 Å². The fraction of sp³-hybridized carbons (Fsp3) is 0.867. The molecule has 19 heavy (non-hydrogen) atoms. The van der Waals surface area contributed by atoms with Gasteiger partial charge in [-0.1, -0.05) is 58.8 Å². The largest absolute Gasteiger partial charge is 0.348 e. The first-order valence-electron chi connectivity index (χ1n) is 7.78. The van der Waals surface area contributed by atoms with Gasteiger partial charge in [0.15, 0.2) is 0 Å². The maximum absolute atomic E-state index is 11.3. The van der Waals surface area contributed by atoms with Gasteiger partial charge in [0.1, 0.15) is 0 Å². The molecule has 0 unspecified atom stereocenters. The zero-order valence-corrected chi connectivity index (χ0v) is 12.6. The zero-order valence-electron chi connectivity index (χ0n) is 12.6. The van der Waals surface area contributed by atoms with Crippen LogP contribution in [0.5, 0.6) is 0 Å². The van der Waals surface area contributed by atoms with Crippen LogP contribution in [0.1, 0.15) is 71.6 Å². The van der Waals surface area contributed by atoms with E-state index in [2.05, 4.69) is 17.6 Å². The molecule has 0 aromatic rings. The highest BCUT2D eigenvalue weighted by molar-refractivity contribution is 6.35. The molecule has 2 N–H and O–H groups in total. The summed E-state index contributed by atoms with van der Waals surface area (Å²) in [6.45, 7) is 5.34. The van der Waals surface area contributed by atoms with Crippen LogP contribution >= 0.6 is 0 Å². The smallest absolute Gasteiger partial charge is 0.309 e. The molecule has 0 aromatic heterocycles. The van der Waals surface area contributed by atoms with E-state index >= 15 is 0 Å². The van der Waals surface area contributed by atoms with Gasteiger partial charge >= 0.3 is 11.8 Å². The van der Waals surface area contributed by atoms with Gasteiger partial charge in [0.05, 0.1) is 0 Å². The van der Waals surface area contributed by atoms with E-state index in [4.69, 9.17) is 0 Å². The van der Waals surface area contributed by atoms with Gasteiger partial charge in [0.25, 0.3) is 0 Å². The van der Waals surface area contributed by atoms with Crippen molar-refractivity contribution in [3.63, 3.8) is 0 Å². The number of rotatable bonds is 11. The number of carbonyl (C=O) groups excluding carboxylic acids is 2. The Balaban J connectivity index is 3.29. The Labute approximate surface area is 117 Å². The summed E-state index contributed by atoms with van der Waals surface area (Å²) in [4.78, 5) is 22.6. The van der Waals surface area contributed by atoms with Gasteiger partial charge in [-0.05, 0) is 12.8 Å². The van der Waals surface area contributed by atoms with Crippen LogP contribution in [0, 0.1) is 0 Å². The van der Waals surface area contributed by atoms with Gasteiger partial charge in [-0.3, -0.25) is 9.59 Å². The van der Waals surface area contributed by atoms with E-state index in [1.165, 1.54) is 38.5 Å². The van der Waals surface area contributed by atoms with Gasteiger partial charge in [-0.2, -0.15) is 0 Å². The van der Waals surface area contributed by atoms with Crippen LogP contribution in [0.3, 0.4) is 0 Å². The molecule has 4 nitrogen and oxygen atoms in total. The molecule has 0 aliphatic carbocycles. The monoisotopic (exact) mass is 270 g/mol. The second-order valence-corrected chi connectivity index (χ2v) is 4.99. The quantitative estimate of drug-likeness (QED) is 0.448. The predicted molar refractivity (Wildman–Crippen MR) is 78.9 cm³/mol. The third-order valence-corrected chi connectivity index (χ3v) is 3.06. The Morgan fingerprint density at radius 2 is 1.11 bits per heavy atom. The third-order valence-electron chi connectivity index (χ3n) is 3.06. The molecule has 4 heteroatoms. The van der Waals surface area contributed by atoms with Gasteiger partial charge in [-0.25, -0.2) is 0 Å². The molecule has 2 amide bonds. The highest BCUT2D eigenvalue weighted by atomic mass is 16.2. The number of nitrogens with one attached hydrogen (secondary N) is 2. The zero-order chi connectivity index (χ0) is 14.3. The highest BCUT2D eigenvalue weighted by Gasteiger charge is 2.10. The summed E-state index contributed by atoms with van der Waals surface area (Å²) >= 11 is 0. The van der Waals surface area contributed by atoms with Crippen molar-refractivity contribution in [1.29, 1.82) is 0 Å². The first-order valence-corrected chi connectivity index (χ1v) is 7.78. The molecule has 0 saturated carbocycles. The van der Waals surface area contributed by atoms with Crippen LogP contribution < -0.4 is 10.6 Å². The number of carbonyl (C=O) groups is 2. The topological polar surface area (TPSA) is 58.2 Å². The standard InChI is InChI=1S/C15H30N2O2/c1-3-5-6-7-8-9-10-11-13-17-15(19)14(18)16-12-4-2/h3-13H2,1-2H3,(H,16,18)(H,17,19). The van der Waals surface area contributed by atoms with E-state index < -0.39 is 11.8 Å². The van der Waals surface area contributed by atoms with Crippen LogP contribution in [0.25, 0.3) is 0 Å². The molecule has 0 heterocycles. The summed E-state index contributed by atoms with van der Waals surface area (Å²) in [5.74, 6) is -1.02. The Hall–Kier alpha value is -1.06. The van der Waals surface area contributed by atoms with Crippen LogP contribution in [0.2, 0.25) is 0 Å². The maximum atomic E-state index is 11.3. The van der Waals surface area contributed by atoms with Crippen molar-refractivity contribution in [3.05, 3.63) is 0 Å². The second-order valence-electron chi connectivity index (χ2n) is 4.99. The van der Waals surface area contributed by atoms with Gasteiger partial charge in [0, 0.05) is 13.1 Å². The summed E-state index contributed by atoms with van der Waals surface area (Å²) in [6.07, 6.45) is 10.7. The molecule has 112 valence electrons. The van der Waals surface area contributed by atoms with Crippen LogP contribution in [0.4, 0.5) is 0 Å². The summed E-state index contributed by atoms with van der Waals surface area (Å²) in [6, 6.07) is 0. The fourth-order valence-corrected chi connectivity index (χ4v) is 1.86.